The van der Waals surface area contributed by atoms with Crippen molar-refractivity contribution < 1.29 is 8.42 Å². The number of aromatic nitrogens is 3. The second-order valence-electron chi connectivity index (χ2n) is 2.54. The van der Waals surface area contributed by atoms with Gasteiger partial charge in [-0.05, 0) is 6.07 Å². The van der Waals surface area contributed by atoms with Gasteiger partial charge in [0.15, 0.2) is 5.65 Å². The number of nitrogens with zero attached hydrogens (tertiary/aromatic N) is 3. The first kappa shape index (κ1) is 9.29. The molecule has 0 aliphatic heterocycles. The van der Waals surface area contributed by atoms with Gasteiger partial charge in [-0.25, -0.2) is 23.4 Å². The molecule has 0 N–H and O–H groups in total. The Balaban J connectivity index is 2.75. The van der Waals surface area contributed by atoms with Crippen LogP contribution >= 0.6 is 10.7 Å². The highest BCUT2D eigenvalue weighted by Crippen LogP contribution is 2.17. The summed E-state index contributed by atoms with van der Waals surface area (Å²) in [5.41, 5.74) is 0.434. The smallest absolute Gasteiger partial charge is 0.244 e. The van der Waals surface area contributed by atoms with E-state index in [1.807, 2.05) is 0 Å². The Hall–Kier alpha value is -1.27. The highest BCUT2D eigenvalue weighted by molar-refractivity contribution is 8.13. The molecule has 7 heteroatoms. The Morgan fingerprint density at radius 1 is 1.21 bits per heavy atom. The van der Waals surface area contributed by atoms with Crippen molar-refractivity contribution in [3.8, 4) is 0 Å². The Labute approximate surface area is 84.2 Å². The van der Waals surface area contributed by atoms with Crippen LogP contribution in [0.4, 0.5) is 0 Å². The molecule has 0 spiro atoms. The second-order valence-corrected chi connectivity index (χ2v) is 5.11. The third-order valence-electron chi connectivity index (χ3n) is 1.61. The molecule has 2 heterocycles. The first-order chi connectivity index (χ1) is 6.57. The molecule has 0 amide bonds. The number of hydrogen-bond acceptors (Lipinski definition) is 5. The number of halogens is 1. The Morgan fingerprint density at radius 3 is 2.71 bits per heavy atom. The van der Waals surface area contributed by atoms with Crippen LogP contribution in [-0.2, 0) is 9.05 Å². The Morgan fingerprint density at radius 2 is 2.00 bits per heavy atom. The molecule has 0 aromatic carbocycles. The Bertz CT molecular complexity index is 584. The van der Waals surface area contributed by atoms with Gasteiger partial charge in [-0.15, -0.1) is 0 Å². The van der Waals surface area contributed by atoms with Crippen molar-refractivity contribution in [1.82, 2.24) is 15.0 Å². The highest BCUT2D eigenvalue weighted by Gasteiger charge is 2.11. The molecule has 0 fully saturated rings. The summed E-state index contributed by atoms with van der Waals surface area (Å²) < 4.78 is 21.9. The van der Waals surface area contributed by atoms with Gasteiger partial charge in [0.2, 0.25) is 0 Å². The summed E-state index contributed by atoms with van der Waals surface area (Å²) in [6.45, 7) is 0. The van der Waals surface area contributed by atoms with Gasteiger partial charge in [-0.2, -0.15) is 0 Å². The molecule has 0 aliphatic rings. The molecule has 0 atom stereocenters. The quantitative estimate of drug-likeness (QED) is 0.681. The van der Waals surface area contributed by atoms with Crippen LogP contribution in [0.25, 0.3) is 11.0 Å². The van der Waals surface area contributed by atoms with E-state index in [0.29, 0.717) is 11.0 Å². The lowest BCUT2D eigenvalue weighted by atomic mass is 10.3. The predicted octanol–water partition coefficient (Wildman–Crippen LogP) is 0.952. The van der Waals surface area contributed by atoms with Crippen molar-refractivity contribution in [1.29, 1.82) is 0 Å². The zero-order valence-electron chi connectivity index (χ0n) is 6.75. The summed E-state index contributed by atoms with van der Waals surface area (Å²) in [6, 6.07) is 1.38. The third kappa shape index (κ3) is 1.66. The molecule has 0 radical (unpaired) electrons. The Kier molecular flexibility index (Phi) is 2.09. The maximum absolute atomic E-state index is 11.0. The second kappa shape index (κ2) is 3.14. The van der Waals surface area contributed by atoms with Gasteiger partial charge in [0.1, 0.15) is 11.2 Å². The highest BCUT2D eigenvalue weighted by atomic mass is 35.7. The SMILES string of the molecule is O=S(=O)(Cl)c1cnc2ncncc2c1. The van der Waals surface area contributed by atoms with Gasteiger partial charge in [0, 0.05) is 28.5 Å². The molecule has 0 unspecified atom stereocenters. The zero-order valence-corrected chi connectivity index (χ0v) is 8.33. The maximum atomic E-state index is 11.0. The lowest BCUT2D eigenvalue weighted by Gasteiger charge is -1.97. The van der Waals surface area contributed by atoms with Crippen LogP contribution in [0, 0.1) is 0 Å². The molecule has 14 heavy (non-hydrogen) atoms. The van der Waals surface area contributed by atoms with E-state index < -0.39 is 9.05 Å². The summed E-state index contributed by atoms with van der Waals surface area (Å²) in [5, 5.41) is 0.536. The van der Waals surface area contributed by atoms with Gasteiger partial charge in [-0.1, -0.05) is 0 Å². The van der Waals surface area contributed by atoms with Crippen molar-refractivity contribution in [2.45, 2.75) is 4.90 Å². The molecule has 0 saturated carbocycles. The van der Waals surface area contributed by atoms with E-state index >= 15 is 0 Å². The van der Waals surface area contributed by atoms with E-state index in [9.17, 15) is 8.42 Å². The molecule has 0 bridgehead atoms. The molecule has 2 aromatic rings. The lowest BCUT2D eigenvalue weighted by Crippen LogP contribution is -1.93. The van der Waals surface area contributed by atoms with Gasteiger partial charge in [0.25, 0.3) is 9.05 Å². The summed E-state index contributed by atoms with van der Waals surface area (Å²) in [4.78, 5) is 11.4. The fourth-order valence-electron chi connectivity index (χ4n) is 0.992. The molecule has 2 rings (SSSR count). The number of fused-ring (bicyclic) bond motifs is 1. The molecular formula is C7H4ClN3O2S. The van der Waals surface area contributed by atoms with Crippen LogP contribution in [-0.4, -0.2) is 23.4 Å². The lowest BCUT2D eigenvalue weighted by molar-refractivity contribution is 0.609. The number of pyridine rings is 1. The molecule has 0 aliphatic carbocycles. The van der Waals surface area contributed by atoms with Gasteiger partial charge >= 0.3 is 0 Å². The molecule has 0 saturated heterocycles. The summed E-state index contributed by atoms with van der Waals surface area (Å²) in [6.07, 6.45) is 3.97. The minimum Gasteiger partial charge on any atom is -0.244 e. The first-order valence-corrected chi connectivity index (χ1v) is 5.89. The molecule has 2 aromatic heterocycles. The van der Waals surface area contributed by atoms with Crippen molar-refractivity contribution in [2.75, 3.05) is 0 Å². The van der Waals surface area contributed by atoms with E-state index in [2.05, 4.69) is 15.0 Å². The van der Waals surface area contributed by atoms with Crippen molar-refractivity contribution in [3.05, 3.63) is 24.8 Å². The number of rotatable bonds is 1. The van der Waals surface area contributed by atoms with Crippen molar-refractivity contribution in [3.63, 3.8) is 0 Å². The average molecular weight is 230 g/mol. The van der Waals surface area contributed by atoms with Crippen LogP contribution in [0.3, 0.4) is 0 Å². The fourth-order valence-corrected chi connectivity index (χ4v) is 1.69. The summed E-state index contributed by atoms with van der Waals surface area (Å²) >= 11 is 0. The minimum atomic E-state index is -3.74. The van der Waals surface area contributed by atoms with E-state index in [1.54, 1.807) is 0 Å². The van der Waals surface area contributed by atoms with Crippen LogP contribution in [0.2, 0.25) is 0 Å². The standard InChI is InChI=1S/C7H4ClN3O2S/c8-14(12,13)6-1-5-2-9-4-11-7(5)10-3-6/h1-4H. The van der Waals surface area contributed by atoms with Crippen molar-refractivity contribution in [2.24, 2.45) is 0 Å². The summed E-state index contributed by atoms with van der Waals surface area (Å²) in [5.74, 6) is 0. The van der Waals surface area contributed by atoms with Gasteiger partial charge in [-0.3, -0.25) is 0 Å². The minimum absolute atomic E-state index is 0.0542. The van der Waals surface area contributed by atoms with Crippen LogP contribution < -0.4 is 0 Å². The van der Waals surface area contributed by atoms with E-state index in [0.717, 1.165) is 6.20 Å². The zero-order chi connectivity index (χ0) is 10.2. The molecule has 5 nitrogen and oxygen atoms in total. The van der Waals surface area contributed by atoms with E-state index in [1.165, 1.54) is 18.6 Å². The third-order valence-corrected chi connectivity index (χ3v) is 2.93. The average Bonchev–Trinajstić information content (AvgIpc) is 2.16. The van der Waals surface area contributed by atoms with Gasteiger partial charge < -0.3 is 0 Å². The monoisotopic (exact) mass is 229 g/mol. The summed E-state index contributed by atoms with van der Waals surface area (Å²) in [7, 11) is 1.41. The van der Waals surface area contributed by atoms with Crippen LogP contribution in [0.1, 0.15) is 0 Å². The van der Waals surface area contributed by atoms with Crippen LogP contribution in [0.15, 0.2) is 29.7 Å². The van der Waals surface area contributed by atoms with Crippen LogP contribution in [0.5, 0.6) is 0 Å². The van der Waals surface area contributed by atoms with E-state index in [4.69, 9.17) is 10.7 Å². The fraction of sp³-hybridized carbons (Fsp3) is 0. The van der Waals surface area contributed by atoms with Crippen molar-refractivity contribution >= 4 is 30.8 Å². The normalized spacial score (nSPS) is 11.8. The first-order valence-electron chi connectivity index (χ1n) is 3.58. The maximum Gasteiger partial charge on any atom is 0.262 e. The van der Waals surface area contributed by atoms with E-state index in [-0.39, 0.29) is 4.90 Å². The molecule has 72 valence electrons. The topological polar surface area (TPSA) is 72.8 Å². The largest absolute Gasteiger partial charge is 0.262 e. The van der Waals surface area contributed by atoms with Gasteiger partial charge in [0.05, 0.1) is 0 Å². The number of hydrogen-bond donors (Lipinski definition) is 0. The predicted molar refractivity (Wildman–Crippen MR) is 50.4 cm³/mol. The molecular weight excluding hydrogens is 226 g/mol.